The highest BCUT2D eigenvalue weighted by atomic mass is 32.2. The minimum absolute atomic E-state index is 0.163. The second-order valence-electron chi connectivity index (χ2n) is 5.61. The third-order valence-corrected chi connectivity index (χ3v) is 5.85. The molecule has 0 saturated heterocycles. The lowest BCUT2D eigenvalue weighted by molar-refractivity contribution is 0.570. The van der Waals surface area contributed by atoms with Crippen LogP contribution in [-0.4, -0.2) is 23.2 Å². The van der Waals surface area contributed by atoms with Crippen molar-refractivity contribution in [1.82, 2.24) is 14.8 Å². The van der Waals surface area contributed by atoms with E-state index < -0.39 is 20.7 Å². The zero-order valence-corrected chi connectivity index (χ0v) is 15.6. The summed E-state index contributed by atoms with van der Waals surface area (Å²) < 4.78 is 48.1. The maximum atomic E-state index is 13.9. The number of nitrogens with zero attached hydrogens (tertiary/aromatic N) is 3. The average molecular weight is 404 g/mol. The summed E-state index contributed by atoms with van der Waals surface area (Å²) in [6.45, 7) is 1.72. The minimum Gasteiger partial charge on any atom is -0.463 e. The Morgan fingerprint density at radius 1 is 1.22 bits per heavy atom. The molecule has 0 aliphatic rings. The lowest BCUT2D eigenvalue weighted by Gasteiger charge is -2.09. The summed E-state index contributed by atoms with van der Waals surface area (Å²) in [6, 6.07) is 10.2. The Hall–Kier alpha value is -2.98. The molecule has 10 heteroatoms. The normalized spacial score (nSPS) is 11.6. The number of aromatic nitrogens is 3. The molecule has 4 rings (SSSR count). The molecule has 0 saturated carbocycles. The van der Waals surface area contributed by atoms with Gasteiger partial charge in [-0.15, -0.1) is 11.3 Å². The lowest BCUT2D eigenvalue weighted by atomic mass is 10.4. The van der Waals surface area contributed by atoms with E-state index in [2.05, 4.69) is 14.8 Å². The Morgan fingerprint density at radius 3 is 2.78 bits per heavy atom. The van der Waals surface area contributed by atoms with Gasteiger partial charge in [0.05, 0.1) is 12.0 Å². The molecule has 0 spiro atoms. The summed E-state index contributed by atoms with van der Waals surface area (Å²) in [6.07, 6.45) is 1.54. The van der Waals surface area contributed by atoms with Gasteiger partial charge in [-0.3, -0.25) is 4.72 Å². The van der Waals surface area contributed by atoms with Gasteiger partial charge >= 0.3 is 0 Å². The van der Waals surface area contributed by atoms with E-state index in [1.165, 1.54) is 34.2 Å². The second-order valence-corrected chi connectivity index (χ2v) is 8.10. The van der Waals surface area contributed by atoms with Crippen molar-refractivity contribution in [3.63, 3.8) is 0 Å². The standard InChI is InChI=1S/C17H13FN4O3S2/c1-11-9-16(21-27(23,24)15-7-3-2-5-12(15)18)22(20-11)17-19-13(10-26-17)14-6-4-8-25-14/h2-10,21H,1H3. The van der Waals surface area contributed by atoms with Gasteiger partial charge in [0.25, 0.3) is 10.0 Å². The molecule has 3 heterocycles. The van der Waals surface area contributed by atoms with Crippen LogP contribution in [0.15, 0.2) is 63.4 Å². The van der Waals surface area contributed by atoms with Gasteiger partial charge in [0.15, 0.2) is 5.76 Å². The van der Waals surface area contributed by atoms with Gasteiger partial charge in [-0.1, -0.05) is 12.1 Å². The van der Waals surface area contributed by atoms with E-state index in [9.17, 15) is 12.8 Å². The van der Waals surface area contributed by atoms with Gasteiger partial charge in [0, 0.05) is 11.4 Å². The molecule has 0 unspecified atom stereocenters. The number of sulfonamides is 1. The molecule has 1 aromatic carbocycles. The van der Waals surface area contributed by atoms with Gasteiger partial charge < -0.3 is 4.42 Å². The monoisotopic (exact) mass is 404 g/mol. The van der Waals surface area contributed by atoms with Crippen molar-refractivity contribution in [3.8, 4) is 16.6 Å². The number of benzene rings is 1. The first-order chi connectivity index (χ1) is 12.9. The van der Waals surface area contributed by atoms with Crippen molar-refractivity contribution < 1.29 is 17.2 Å². The largest absolute Gasteiger partial charge is 0.463 e. The SMILES string of the molecule is Cc1cc(NS(=O)(=O)c2ccccc2F)n(-c2nc(-c3ccco3)cs2)n1. The molecule has 0 aliphatic carbocycles. The Morgan fingerprint density at radius 2 is 2.04 bits per heavy atom. The molecule has 138 valence electrons. The van der Waals surface area contributed by atoms with Gasteiger partial charge in [-0.05, 0) is 31.2 Å². The van der Waals surface area contributed by atoms with Crippen LogP contribution < -0.4 is 4.72 Å². The van der Waals surface area contributed by atoms with Crippen LogP contribution in [0, 0.1) is 12.7 Å². The van der Waals surface area contributed by atoms with E-state index in [-0.39, 0.29) is 5.82 Å². The molecule has 4 aromatic rings. The molecule has 3 aromatic heterocycles. The van der Waals surface area contributed by atoms with E-state index in [0.717, 1.165) is 6.07 Å². The number of halogens is 1. The predicted molar refractivity (Wildman–Crippen MR) is 98.9 cm³/mol. The minimum atomic E-state index is -4.13. The molecule has 0 fully saturated rings. The Bertz CT molecular complexity index is 1200. The van der Waals surface area contributed by atoms with E-state index in [0.29, 0.717) is 22.3 Å². The maximum absolute atomic E-state index is 13.9. The fraction of sp³-hybridized carbons (Fsp3) is 0.0588. The van der Waals surface area contributed by atoms with Crippen molar-refractivity contribution in [1.29, 1.82) is 0 Å². The second kappa shape index (κ2) is 6.63. The smallest absolute Gasteiger partial charge is 0.265 e. The van der Waals surface area contributed by atoms with Crippen molar-refractivity contribution in [2.75, 3.05) is 4.72 Å². The number of thiazole rings is 1. The number of aryl methyl sites for hydroxylation is 1. The third-order valence-electron chi connectivity index (χ3n) is 3.64. The molecule has 0 radical (unpaired) electrons. The number of furan rings is 1. The predicted octanol–water partition coefficient (Wildman–Crippen LogP) is 3.84. The molecule has 0 amide bonds. The summed E-state index contributed by atoms with van der Waals surface area (Å²) in [4.78, 5) is 3.99. The first kappa shape index (κ1) is 17.4. The summed E-state index contributed by atoms with van der Waals surface area (Å²) in [5.74, 6) is -0.0758. The average Bonchev–Trinajstić information content (AvgIpc) is 3.34. The van der Waals surface area contributed by atoms with Gasteiger partial charge in [0.2, 0.25) is 5.13 Å². The number of hydrogen-bond donors (Lipinski definition) is 1. The molecular weight excluding hydrogens is 391 g/mol. The van der Waals surface area contributed by atoms with Crippen LogP contribution in [0.3, 0.4) is 0 Å². The number of anilines is 1. The lowest BCUT2D eigenvalue weighted by Crippen LogP contribution is -2.17. The summed E-state index contributed by atoms with van der Waals surface area (Å²) in [5, 5.41) is 6.51. The Kier molecular flexibility index (Phi) is 4.28. The zero-order valence-electron chi connectivity index (χ0n) is 14.0. The molecular formula is C17H13FN4O3S2. The molecule has 27 heavy (non-hydrogen) atoms. The fourth-order valence-electron chi connectivity index (χ4n) is 2.47. The molecule has 0 atom stereocenters. The van der Waals surface area contributed by atoms with Crippen molar-refractivity contribution in [3.05, 3.63) is 65.6 Å². The van der Waals surface area contributed by atoms with Crippen LogP contribution in [-0.2, 0) is 10.0 Å². The van der Waals surface area contributed by atoms with Gasteiger partial charge in [-0.25, -0.2) is 17.8 Å². The highest BCUT2D eigenvalue weighted by Crippen LogP contribution is 2.27. The molecule has 1 N–H and O–H groups in total. The van der Waals surface area contributed by atoms with Crippen molar-refractivity contribution in [2.24, 2.45) is 0 Å². The molecule has 0 aliphatic heterocycles. The number of rotatable bonds is 5. The van der Waals surface area contributed by atoms with Crippen LogP contribution in [0.1, 0.15) is 5.69 Å². The van der Waals surface area contributed by atoms with Crippen LogP contribution in [0.5, 0.6) is 0 Å². The van der Waals surface area contributed by atoms with Crippen LogP contribution in [0.4, 0.5) is 10.2 Å². The Balaban J connectivity index is 1.71. The highest BCUT2D eigenvalue weighted by molar-refractivity contribution is 7.92. The first-order valence-corrected chi connectivity index (χ1v) is 10.1. The molecule has 0 bridgehead atoms. The summed E-state index contributed by atoms with van der Waals surface area (Å²) in [5.41, 5.74) is 1.19. The van der Waals surface area contributed by atoms with E-state index in [1.807, 2.05) is 0 Å². The summed E-state index contributed by atoms with van der Waals surface area (Å²) in [7, 11) is -4.13. The quantitative estimate of drug-likeness (QED) is 0.546. The van der Waals surface area contributed by atoms with E-state index >= 15 is 0 Å². The van der Waals surface area contributed by atoms with Crippen LogP contribution in [0.2, 0.25) is 0 Å². The highest BCUT2D eigenvalue weighted by Gasteiger charge is 2.22. The maximum Gasteiger partial charge on any atom is 0.265 e. The third kappa shape index (κ3) is 3.36. The Labute approximate surface area is 158 Å². The number of nitrogens with one attached hydrogen (secondary N) is 1. The van der Waals surface area contributed by atoms with Gasteiger partial charge in [-0.2, -0.15) is 9.78 Å². The fourth-order valence-corrected chi connectivity index (χ4v) is 4.36. The van der Waals surface area contributed by atoms with E-state index in [4.69, 9.17) is 4.42 Å². The summed E-state index contributed by atoms with van der Waals surface area (Å²) >= 11 is 1.27. The van der Waals surface area contributed by atoms with Crippen molar-refractivity contribution >= 4 is 27.2 Å². The first-order valence-electron chi connectivity index (χ1n) is 7.78. The van der Waals surface area contributed by atoms with Crippen LogP contribution >= 0.6 is 11.3 Å². The zero-order chi connectivity index (χ0) is 19.0. The van der Waals surface area contributed by atoms with Crippen LogP contribution in [0.25, 0.3) is 16.6 Å². The van der Waals surface area contributed by atoms with Crippen molar-refractivity contribution in [2.45, 2.75) is 11.8 Å². The van der Waals surface area contributed by atoms with Gasteiger partial charge in [0.1, 0.15) is 22.2 Å². The molecule has 7 nitrogen and oxygen atoms in total. The van der Waals surface area contributed by atoms with E-state index in [1.54, 1.807) is 36.8 Å². The topological polar surface area (TPSA) is 90.0 Å². The number of hydrogen-bond acceptors (Lipinski definition) is 6.